The van der Waals surface area contributed by atoms with Crippen LogP contribution in [0, 0.1) is 13.8 Å². The van der Waals surface area contributed by atoms with Gasteiger partial charge in [-0.2, -0.15) is 4.98 Å². The fourth-order valence-corrected chi connectivity index (χ4v) is 1.98. The molecular formula is C16H22N4O. The van der Waals surface area contributed by atoms with Crippen molar-refractivity contribution in [3.63, 3.8) is 0 Å². The largest absolute Gasteiger partial charge is 0.385 e. The Morgan fingerprint density at radius 3 is 2.71 bits per heavy atom. The van der Waals surface area contributed by atoms with Gasteiger partial charge < -0.3 is 15.4 Å². The van der Waals surface area contributed by atoms with E-state index in [1.807, 2.05) is 31.2 Å². The van der Waals surface area contributed by atoms with Gasteiger partial charge in [0.25, 0.3) is 0 Å². The zero-order valence-electron chi connectivity index (χ0n) is 12.8. The van der Waals surface area contributed by atoms with Gasteiger partial charge in [-0.15, -0.1) is 0 Å². The summed E-state index contributed by atoms with van der Waals surface area (Å²) in [5.41, 5.74) is 3.11. The Balaban J connectivity index is 2.06. The first kappa shape index (κ1) is 15.3. The molecule has 0 bridgehead atoms. The monoisotopic (exact) mass is 286 g/mol. The van der Waals surface area contributed by atoms with Gasteiger partial charge in [0.15, 0.2) is 0 Å². The minimum absolute atomic E-state index is 0.610. The van der Waals surface area contributed by atoms with Crippen LogP contribution in [0.25, 0.3) is 0 Å². The number of anilines is 3. The molecule has 2 rings (SSSR count). The van der Waals surface area contributed by atoms with Gasteiger partial charge in [-0.25, -0.2) is 4.98 Å². The second kappa shape index (κ2) is 7.59. The van der Waals surface area contributed by atoms with Crippen molar-refractivity contribution in [2.45, 2.75) is 20.3 Å². The Bertz CT molecular complexity index is 586. The van der Waals surface area contributed by atoms with E-state index in [2.05, 4.69) is 33.6 Å². The lowest BCUT2D eigenvalue weighted by atomic mass is 10.2. The highest BCUT2D eigenvalue weighted by molar-refractivity contribution is 5.59. The molecule has 0 unspecified atom stereocenters. The second-order valence-corrected chi connectivity index (χ2v) is 4.93. The van der Waals surface area contributed by atoms with E-state index in [1.165, 1.54) is 0 Å². The first-order chi connectivity index (χ1) is 10.2. The van der Waals surface area contributed by atoms with Crippen molar-refractivity contribution in [1.82, 2.24) is 9.97 Å². The van der Waals surface area contributed by atoms with Crippen molar-refractivity contribution >= 4 is 17.5 Å². The van der Waals surface area contributed by atoms with E-state index in [0.29, 0.717) is 5.95 Å². The van der Waals surface area contributed by atoms with Crippen molar-refractivity contribution in [3.8, 4) is 0 Å². The van der Waals surface area contributed by atoms with E-state index in [4.69, 9.17) is 4.74 Å². The summed E-state index contributed by atoms with van der Waals surface area (Å²) in [6.07, 6.45) is 0.945. The Labute approximate surface area is 125 Å². The maximum atomic E-state index is 5.03. The summed E-state index contributed by atoms with van der Waals surface area (Å²) in [5, 5.41) is 6.56. The number of rotatable bonds is 7. The van der Waals surface area contributed by atoms with Crippen LogP contribution >= 0.6 is 0 Å². The first-order valence-corrected chi connectivity index (χ1v) is 7.10. The molecule has 1 aromatic carbocycles. The number of nitrogens with zero attached hydrogens (tertiary/aromatic N) is 2. The zero-order chi connectivity index (χ0) is 15.1. The molecule has 1 heterocycles. The molecule has 5 nitrogen and oxygen atoms in total. The second-order valence-electron chi connectivity index (χ2n) is 4.93. The summed E-state index contributed by atoms with van der Waals surface area (Å²) >= 11 is 0. The number of aryl methyl sites for hydroxylation is 2. The normalized spacial score (nSPS) is 10.4. The lowest BCUT2D eigenvalue weighted by Crippen LogP contribution is -2.08. The van der Waals surface area contributed by atoms with E-state index in [0.717, 1.165) is 42.3 Å². The van der Waals surface area contributed by atoms with Gasteiger partial charge >= 0.3 is 0 Å². The molecule has 112 valence electrons. The lowest BCUT2D eigenvalue weighted by Gasteiger charge is -2.11. The van der Waals surface area contributed by atoms with Crippen LogP contribution in [0.15, 0.2) is 30.3 Å². The van der Waals surface area contributed by atoms with E-state index < -0.39 is 0 Å². The third-order valence-electron chi connectivity index (χ3n) is 3.08. The Morgan fingerprint density at radius 2 is 1.95 bits per heavy atom. The summed E-state index contributed by atoms with van der Waals surface area (Å²) in [5.74, 6) is 1.44. The lowest BCUT2D eigenvalue weighted by molar-refractivity contribution is 0.198. The van der Waals surface area contributed by atoms with Crippen LogP contribution in [0.3, 0.4) is 0 Å². The third kappa shape index (κ3) is 4.72. The summed E-state index contributed by atoms with van der Waals surface area (Å²) in [6.45, 7) is 5.59. The zero-order valence-corrected chi connectivity index (χ0v) is 12.8. The molecule has 2 N–H and O–H groups in total. The summed E-state index contributed by atoms with van der Waals surface area (Å²) in [6, 6.07) is 10.0. The first-order valence-electron chi connectivity index (χ1n) is 7.10. The highest BCUT2D eigenvalue weighted by atomic mass is 16.5. The van der Waals surface area contributed by atoms with E-state index >= 15 is 0 Å². The highest BCUT2D eigenvalue weighted by Gasteiger charge is 2.04. The highest BCUT2D eigenvalue weighted by Crippen LogP contribution is 2.19. The summed E-state index contributed by atoms with van der Waals surface area (Å²) in [7, 11) is 1.71. The number of para-hydroxylation sites is 1. The van der Waals surface area contributed by atoms with Crippen LogP contribution < -0.4 is 10.6 Å². The molecule has 0 aliphatic heterocycles. The predicted octanol–water partition coefficient (Wildman–Crippen LogP) is 3.29. The Morgan fingerprint density at radius 1 is 1.14 bits per heavy atom. The third-order valence-corrected chi connectivity index (χ3v) is 3.08. The molecule has 0 saturated heterocycles. The number of nitrogens with one attached hydrogen (secondary N) is 2. The van der Waals surface area contributed by atoms with Crippen LogP contribution in [0.5, 0.6) is 0 Å². The molecule has 0 saturated carbocycles. The average molecular weight is 286 g/mol. The Hall–Kier alpha value is -2.14. The standard InChI is InChI=1S/C16H22N4O/c1-12-7-4-5-8-14(12)19-16-18-13(2)11-15(20-16)17-9-6-10-21-3/h4-5,7-8,11H,6,9-10H2,1-3H3,(H2,17,18,19,20). The Kier molecular flexibility index (Phi) is 5.51. The number of benzene rings is 1. The van der Waals surface area contributed by atoms with Gasteiger partial charge in [0.2, 0.25) is 5.95 Å². The molecule has 0 atom stereocenters. The topological polar surface area (TPSA) is 59.1 Å². The molecule has 0 fully saturated rings. The quantitative estimate of drug-likeness (QED) is 0.765. The fourth-order valence-electron chi connectivity index (χ4n) is 1.98. The molecule has 2 aromatic rings. The van der Waals surface area contributed by atoms with Gasteiger partial charge in [-0.3, -0.25) is 0 Å². The van der Waals surface area contributed by atoms with Gasteiger partial charge in [0.1, 0.15) is 5.82 Å². The molecule has 0 amide bonds. The van der Waals surface area contributed by atoms with E-state index in [-0.39, 0.29) is 0 Å². The number of methoxy groups -OCH3 is 1. The SMILES string of the molecule is COCCCNc1cc(C)nc(Nc2ccccc2C)n1. The predicted molar refractivity (Wildman–Crippen MR) is 86.2 cm³/mol. The van der Waals surface area contributed by atoms with Crippen LogP contribution in [0.4, 0.5) is 17.5 Å². The summed E-state index contributed by atoms with van der Waals surface area (Å²) < 4.78 is 5.03. The van der Waals surface area contributed by atoms with E-state index in [9.17, 15) is 0 Å². The minimum atomic E-state index is 0.610. The van der Waals surface area contributed by atoms with Gasteiger partial charge in [-0.05, 0) is 31.9 Å². The van der Waals surface area contributed by atoms with Crippen molar-refractivity contribution in [1.29, 1.82) is 0 Å². The maximum Gasteiger partial charge on any atom is 0.229 e. The van der Waals surface area contributed by atoms with Gasteiger partial charge in [0.05, 0.1) is 0 Å². The van der Waals surface area contributed by atoms with E-state index in [1.54, 1.807) is 7.11 Å². The van der Waals surface area contributed by atoms with Crippen LogP contribution in [-0.2, 0) is 4.74 Å². The molecule has 0 aliphatic rings. The number of ether oxygens (including phenoxy) is 1. The number of hydrogen-bond donors (Lipinski definition) is 2. The average Bonchev–Trinajstić information content (AvgIpc) is 2.46. The van der Waals surface area contributed by atoms with Crippen molar-refractivity contribution in [2.24, 2.45) is 0 Å². The maximum absolute atomic E-state index is 5.03. The summed E-state index contributed by atoms with van der Waals surface area (Å²) in [4.78, 5) is 8.92. The van der Waals surface area contributed by atoms with Crippen molar-refractivity contribution in [3.05, 3.63) is 41.6 Å². The molecule has 0 aliphatic carbocycles. The molecule has 0 radical (unpaired) electrons. The van der Waals surface area contributed by atoms with Gasteiger partial charge in [-0.1, -0.05) is 18.2 Å². The molecule has 1 aromatic heterocycles. The minimum Gasteiger partial charge on any atom is -0.385 e. The molecular weight excluding hydrogens is 264 g/mol. The van der Waals surface area contributed by atoms with Crippen LogP contribution in [-0.4, -0.2) is 30.2 Å². The van der Waals surface area contributed by atoms with Gasteiger partial charge in [0, 0.05) is 37.7 Å². The van der Waals surface area contributed by atoms with Crippen molar-refractivity contribution in [2.75, 3.05) is 30.9 Å². The molecule has 0 spiro atoms. The van der Waals surface area contributed by atoms with Crippen LogP contribution in [0.2, 0.25) is 0 Å². The number of hydrogen-bond acceptors (Lipinski definition) is 5. The molecule has 21 heavy (non-hydrogen) atoms. The molecule has 5 heteroatoms. The smallest absolute Gasteiger partial charge is 0.229 e. The van der Waals surface area contributed by atoms with Crippen molar-refractivity contribution < 1.29 is 4.74 Å². The fraction of sp³-hybridized carbons (Fsp3) is 0.375. The van der Waals surface area contributed by atoms with Crippen LogP contribution in [0.1, 0.15) is 17.7 Å². The number of aromatic nitrogens is 2.